The molecule has 6 heteroatoms. The SMILES string of the molecule is Bc1n[nH]c2ccc([N+](=O)[O-])cc12. The highest BCUT2D eigenvalue weighted by Crippen LogP contribution is 2.16. The first kappa shape index (κ1) is 7.79. The fourth-order valence-electron chi connectivity index (χ4n) is 1.25. The maximum atomic E-state index is 10.5. The van der Waals surface area contributed by atoms with Gasteiger partial charge >= 0.3 is 0 Å². The van der Waals surface area contributed by atoms with E-state index < -0.39 is 4.92 Å². The molecule has 0 aliphatic heterocycles. The van der Waals surface area contributed by atoms with Crippen molar-refractivity contribution in [1.82, 2.24) is 10.2 Å². The summed E-state index contributed by atoms with van der Waals surface area (Å²) in [5.74, 6) is 0. The van der Waals surface area contributed by atoms with E-state index in [1.807, 2.05) is 7.85 Å². The molecule has 13 heavy (non-hydrogen) atoms. The van der Waals surface area contributed by atoms with Crippen LogP contribution in [0.2, 0.25) is 0 Å². The van der Waals surface area contributed by atoms with Crippen molar-refractivity contribution in [3.8, 4) is 0 Å². The molecule has 0 unspecified atom stereocenters. The van der Waals surface area contributed by atoms with Crippen LogP contribution < -0.4 is 5.59 Å². The molecule has 0 bridgehead atoms. The van der Waals surface area contributed by atoms with Crippen LogP contribution in [0.4, 0.5) is 5.69 Å². The van der Waals surface area contributed by atoms with Crippen molar-refractivity contribution in [3.05, 3.63) is 28.3 Å². The lowest BCUT2D eigenvalue weighted by atomic mass is 10.00. The van der Waals surface area contributed by atoms with Gasteiger partial charge in [-0.15, -0.1) is 0 Å². The molecule has 0 aliphatic rings. The number of nitrogens with zero attached hydrogens (tertiary/aromatic N) is 2. The molecule has 1 N–H and O–H groups in total. The topological polar surface area (TPSA) is 71.8 Å². The largest absolute Gasteiger partial charge is 0.278 e. The van der Waals surface area contributed by atoms with E-state index in [1.165, 1.54) is 12.1 Å². The van der Waals surface area contributed by atoms with E-state index >= 15 is 0 Å². The van der Waals surface area contributed by atoms with E-state index in [9.17, 15) is 10.1 Å². The third-order valence-corrected chi connectivity index (χ3v) is 1.95. The van der Waals surface area contributed by atoms with Gasteiger partial charge in [0.15, 0.2) is 7.85 Å². The summed E-state index contributed by atoms with van der Waals surface area (Å²) >= 11 is 0. The minimum atomic E-state index is -0.411. The second-order valence-electron chi connectivity index (χ2n) is 2.80. The van der Waals surface area contributed by atoms with Gasteiger partial charge < -0.3 is 0 Å². The number of fused-ring (bicyclic) bond motifs is 1. The van der Waals surface area contributed by atoms with Gasteiger partial charge in [-0.25, -0.2) is 0 Å². The average molecular weight is 175 g/mol. The number of aromatic nitrogens is 2. The van der Waals surface area contributed by atoms with E-state index in [1.54, 1.807) is 6.07 Å². The van der Waals surface area contributed by atoms with Gasteiger partial charge in [0.1, 0.15) is 0 Å². The Morgan fingerprint density at radius 3 is 3.00 bits per heavy atom. The maximum absolute atomic E-state index is 10.5. The van der Waals surface area contributed by atoms with Crippen molar-refractivity contribution in [2.24, 2.45) is 0 Å². The van der Waals surface area contributed by atoms with E-state index in [4.69, 9.17) is 0 Å². The summed E-state index contributed by atoms with van der Waals surface area (Å²) in [6, 6.07) is 4.64. The molecule has 0 saturated heterocycles. The monoisotopic (exact) mass is 175 g/mol. The maximum Gasteiger partial charge on any atom is 0.270 e. The molecule has 0 saturated carbocycles. The zero-order valence-electron chi connectivity index (χ0n) is 6.94. The highest BCUT2D eigenvalue weighted by Gasteiger charge is 2.08. The Kier molecular flexibility index (Phi) is 1.55. The van der Waals surface area contributed by atoms with Crippen LogP contribution in [-0.2, 0) is 0 Å². The van der Waals surface area contributed by atoms with Gasteiger partial charge in [0.25, 0.3) is 5.69 Å². The summed E-state index contributed by atoms with van der Waals surface area (Å²) in [7, 11) is 1.81. The molecule has 1 aromatic carbocycles. The number of non-ortho nitro benzene ring substituents is 1. The van der Waals surface area contributed by atoms with Crippen LogP contribution in [0.25, 0.3) is 10.9 Å². The summed E-state index contributed by atoms with van der Waals surface area (Å²) in [5, 5.41) is 18.0. The molecule has 0 atom stereocenters. The van der Waals surface area contributed by atoms with Crippen LogP contribution in [0.1, 0.15) is 0 Å². The zero-order valence-corrected chi connectivity index (χ0v) is 6.94. The molecule has 0 aliphatic carbocycles. The van der Waals surface area contributed by atoms with E-state index in [-0.39, 0.29) is 5.69 Å². The second-order valence-corrected chi connectivity index (χ2v) is 2.80. The minimum Gasteiger partial charge on any atom is -0.278 e. The molecular weight excluding hydrogens is 169 g/mol. The molecule has 5 nitrogen and oxygen atoms in total. The number of nitrogens with one attached hydrogen (secondary N) is 1. The second kappa shape index (κ2) is 2.58. The standard InChI is InChI=1S/C7H6BN3O2/c8-7-5-3-4(11(12)13)1-2-6(5)9-10-7/h1-3H,8H2,(H,9,10). The van der Waals surface area contributed by atoms with Crippen molar-refractivity contribution in [3.63, 3.8) is 0 Å². The molecule has 0 radical (unpaired) electrons. The van der Waals surface area contributed by atoms with Crippen molar-refractivity contribution in [2.45, 2.75) is 0 Å². The highest BCUT2D eigenvalue weighted by atomic mass is 16.6. The molecule has 2 aromatic rings. The van der Waals surface area contributed by atoms with Crippen molar-refractivity contribution >= 4 is 30.0 Å². The minimum absolute atomic E-state index is 0.0944. The molecule has 64 valence electrons. The summed E-state index contributed by atoms with van der Waals surface area (Å²) in [6.45, 7) is 0. The Morgan fingerprint density at radius 2 is 2.31 bits per heavy atom. The summed E-state index contributed by atoms with van der Waals surface area (Å²) < 4.78 is 0. The first-order valence-corrected chi connectivity index (χ1v) is 3.77. The first-order chi connectivity index (χ1) is 6.18. The Labute approximate surface area is 74.3 Å². The van der Waals surface area contributed by atoms with Crippen LogP contribution in [0.5, 0.6) is 0 Å². The Balaban J connectivity index is 2.72. The Bertz CT molecular complexity index is 480. The van der Waals surface area contributed by atoms with E-state index in [0.29, 0.717) is 0 Å². The molecule has 1 heterocycles. The van der Waals surface area contributed by atoms with Gasteiger partial charge in [0.05, 0.1) is 10.4 Å². The predicted octanol–water partition coefficient (Wildman–Crippen LogP) is -0.271. The van der Waals surface area contributed by atoms with Crippen LogP contribution in [0.15, 0.2) is 18.2 Å². The van der Waals surface area contributed by atoms with Crippen LogP contribution >= 0.6 is 0 Å². The van der Waals surface area contributed by atoms with Gasteiger partial charge in [0.2, 0.25) is 0 Å². The lowest BCUT2D eigenvalue weighted by Gasteiger charge is -1.91. The van der Waals surface area contributed by atoms with Gasteiger partial charge in [-0.05, 0) is 6.07 Å². The number of hydrogen-bond donors (Lipinski definition) is 1. The van der Waals surface area contributed by atoms with Crippen molar-refractivity contribution in [2.75, 3.05) is 0 Å². The van der Waals surface area contributed by atoms with Gasteiger partial charge in [0, 0.05) is 23.1 Å². The van der Waals surface area contributed by atoms with E-state index in [2.05, 4.69) is 10.2 Å². The fraction of sp³-hybridized carbons (Fsp3) is 0. The molecule has 0 fully saturated rings. The average Bonchev–Trinajstić information content (AvgIpc) is 2.47. The molecule has 0 amide bonds. The number of hydrogen-bond acceptors (Lipinski definition) is 3. The van der Waals surface area contributed by atoms with Gasteiger partial charge in [-0.3, -0.25) is 15.2 Å². The molecule has 1 aromatic heterocycles. The summed E-state index contributed by atoms with van der Waals surface area (Å²) in [4.78, 5) is 10.0. The fourth-order valence-corrected chi connectivity index (χ4v) is 1.25. The van der Waals surface area contributed by atoms with Crippen molar-refractivity contribution in [1.29, 1.82) is 0 Å². The van der Waals surface area contributed by atoms with Crippen LogP contribution in [-0.4, -0.2) is 23.0 Å². The lowest BCUT2D eigenvalue weighted by Crippen LogP contribution is -2.03. The predicted molar refractivity (Wildman–Crippen MR) is 50.9 cm³/mol. The van der Waals surface area contributed by atoms with Gasteiger partial charge in [-0.1, -0.05) is 0 Å². The number of H-pyrrole nitrogens is 1. The molecule has 0 spiro atoms. The summed E-state index contributed by atoms with van der Waals surface area (Å²) in [6.07, 6.45) is 0. The number of nitro groups is 1. The number of rotatable bonds is 1. The van der Waals surface area contributed by atoms with Crippen molar-refractivity contribution < 1.29 is 4.92 Å². The number of benzene rings is 1. The third kappa shape index (κ3) is 1.16. The lowest BCUT2D eigenvalue weighted by molar-refractivity contribution is -0.384. The first-order valence-electron chi connectivity index (χ1n) is 3.77. The third-order valence-electron chi connectivity index (χ3n) is 1.95. The number of aromatic amines is 1. The van der Waals surface area contributed by atoms with Crippen LogP contribution in [0.3, 0.4) is 0 Å². The Morgan fingerprint density at radius 1 is 1.54 bits per heavy atom. The Hall–Kier alpha value is -1.85. The quantitative estimate of drug-likeness (QED) is 0.368. The van der Waals surface area contributed by atoms with Crippen LogP contribution in [0, 0.1) is 10.1 Å². The smallest absolute Gasteiger partial charge is 0.270 e. The molecular formula is C7H6BN3O2. The molecule has 2 rings (SSSR count). The zero-order chi connectivity index (χ0) is 9.42. The van der Waals surface area contributed by atoms with Gasteiger partial charge in [-0.2, -0.15) is 5.10 Å². The van der Waals surface area contributed by atoms with E-state index in [0.717, 1.165) is 16.5 Å². The highest BCUT2D eigenvalue weighted by molar-refractivity contribution is 6.37. The normalized spacial score (nSPS) is 10.5. The summed E-state index contributed by atoms with van der Waals surface area (Å²) in [5.41, 5.74) is 1.69. The number of nitro benzene ring substituents is 1.